The molecule has 2 N–H and O–H groups in total. The third-order valence-electron chi connectivity index (χ3n) is 5.26. The number of aliphatic hydroxyl groups is 1. The number of sulfonamides is 1. The second kappa shape index (κ2) is 7.77. The molecule has 11 heteroatoms. The fourth-order valence-corrected chi connectivity index (χ4v) is 4.40. The highest BCUT2D eigenvalue weighted by molar-refractivity contribution is 7.88. The largest absolute Gasteiger partial charge is 0.470 e. The van der Waals surface area contributed by atoms with Crippen LogP contribution in [0.25, 0.3) is 0 Å². The summed E-state index contributed by atoms with van der Waals surface area (Å²) in [6, 6.07) is 1.29. The molecule has 2 heterocycles. The zero-order chi connectivity index (χ0) is 20.5. The number of hydrogen-bond donors (Lipinski definition) is 2. The van der Waals surface area contributed by atoms with Gasteiger partial charge in [-0.2, -0.15) is 14.6 Å². The number of aromatic nitrogens is 2. The van der Waals surface area contributed by atoms with E-state index in [-0.39, 0.29) is 36.9 Å². The first-order valence-electron chi connectivity index (χ1n) is 9.12. The maximum atomic E-state index is 14.4. The Bertz CT molecular complexity index is 873. The molecular formula is C17H24FN5O4S. The second-order valence-corrected chi connectivity index (χ2v) is 9.54. The van der Waals surface area contributed by atoms with Gasteiger partial charge in [0.1, 0.15) is 23.9 Å². The van der Waals surface area contributed by atoms with Gasteiger partial charge in [-0.1, -0.05) is 0 Å². The van der Waals surface area contributed by atoms with Crippen molar-refractivity contribution in [3.8, 4) is 11.9 Å². The number of hydrogen-bond acceptors (Lipinski definition) is 8. The van der Waals surface area contributed by atoms with E-state index in [2.05, 4.69) is 15.3 Å². The van der Waals surface area contributed by atoms with Crippen LogP contribution < -0.4 is 10.1 Å². The number of ether oxygens (including phenoxy) is 1. The smallest absolute Gasteiger partial charge is 0.236 e. The molecule has 0 bridgehead atoms. The lowest BCUT2D eigenvalue weighted by Gasteiger charge is -2.33. The number of alkyl halides is 1. The molecule has 2 fully saturated rings. The van der Waals surface area contributed by atoms with Crippen LogP contribution in [0.5, 0.6) is 5.88 Å². The van der Waals surface area contributed by atoms with Crippen LogP contribution >= 0.6 is 0 Å². The SMILES string of the molecule is C[C@@]1(O)CCC[C@@H]1Oc1nc(N[C@@H]2CCN(S(C)(=O)=O)C[C@H]2F)ncc1C#N. The van der Waals surface area contributed by atoms with Gasteiger partial charge in [-0.3, -0.25) is 0 Å². The van der Waals surface area contributed by atoms with Crippen molar-refractivity contribution in [2.75, 3.05) is 24.7 Å². The van der Waals surface area contributed by atoms with Crippen LogP contribution in [0.4, 0.5) is 10.3 Å². The van der Waals surface area contributed by atoms with Crippen LogP contribution in [0.3, 0.4) is 0 Å². The lowest BCUT2D eigenvalue weighted by molar-refractivity contribution is -0.0271. The van der Waals surface area contributed by atoms with Crippen LogP contribution in [0, 0.1) is 11.3 Å². The van der Waals surface area contributed by atoms with Gasteiger partial charge in [0.2, 0.25) is 21.9 Å². The van der Waals surface area contributed by atoms with E-state index in [0.29, 0.717) is 12.8 Å². The Labute approximate surface area is 163 Å². The average molecular weight is 413 g/mol. The highest BCUT2D eigenvalue weighted by Gasteiger charge is 2.39. The summed E-state index contributed by atoms with van der Waals surface area (Å²) in [6.45, 7) is 1.64. The van der Waals surface area contributed by atoms with Gasteiger partial charge < -0.3 is 15.2 Å². The summed E-state index contributed by atoms with van der Waals surface area (Å²) in [6.07, 6.45) is 2.71. The van der Waals surface area contributed by atoms with E-state index in [0.717, 1.165) is 17.0 Å². The predicted octanol–water partition coefficient (Wildman–Crippen LogP) is 0.814. The maximum Gasteiger partial charge on any atom is 0.236 e. The summed E-state index contributed by atoms with van der Waals surface area (Å²) in [5.74, 6) is 0.128. The topological polar surface area (TPSA) is 128 Å². The lowest BCUT2D eigenvalue weighted by atomic mass is 10.0. The van der Waals surface area contributed by atoms with Crippen LogP contribution in [0.1, 0.15) is 38.2 Å². The zero-order valence-corrected chi connectivity index (χ0v) is 16.6. The van der Waals surface area contributed by atoms with E-state index in [1.807, 2.05) is 6.07 Å². The van der Waals surface area contributed by atoms with Crippen molar-refractivity contribution in [3.63, 3.8) is 0 Å². The molecule has 28 heavy (non-hydrogen) atoms. The van der Waals surface area contributed by atoms with Crippen molar-refractivity contribution in [2.24, 2.45) is 0 Å². The van der Waals surface area contributed by atoms with Gasteiger partial charge in [0.05, 0.1) is 24.1 Å². The first kappa shape index (κ1) is 20.7. The number of rotatable bonds is 5. The Hall–Kier alpha value is -2.03. The molecule has 2 aliphatic rings. The van der Waals surface area contributed by atoms with E-state index in [9.17, 15) is 23.2 Å². The Balaban J connectivity index is 1.72. The fraction of sp³-hybridized carbons (Fsp3) is 0.706. The summed E-state index contributed by atoms with van der Waals surface area (Å²) in [5.41, 5.74) is -0.884. The second-order valence-electron chi connectivity index (χ2n) is 7.56. The van der Waals surface area contributed by atoms with Gasteiger partial charge in [-0.15, -0.1) is 0 Å². The van der Waals surface area contributed by atoms with Crippen molar-refractivity contribution in [2.45, 2.75) is 56.5 Å². The third-order valence-corrected chi connectivity index (χ3v) is 6.53. The Morgan fingerprint density at radius 2 is 2.25 bits per heavy atom. The molecule has 3 rings (SSSR count). The monoisotopic (exact) mass is 413 g/mol. The van der Waals surface area contributed by atoms with Crippen molar-refractivity contribution in [3.05, 3.63) is 11.8 Å². The molecule has 0 radical (unpaired) electrons. The number of piperidine rings is 1. The molecule has 1 aliphatic heterocycles. The van der Waals surface area contributed by atoms with E-state index >= 15 is 0 Å². The number of nitriles is 1. The van der Waals surface area contributed by atoms with Crippen molar-refractivity contribution < 1.29 is 22.7 Å². The van der Waals surface area contributed by atoms with Gasteiger partial charge in [0, 0.05) is 13.1 Å². The van der Waals surface area contributed by atoms with E-state index < -0.39 is 33.9 Å². The van der Waals surface area contributed by atoms with Gasteiger partial charge in [-0.25, -0.2) is 17.8 Å². The number of nitrogens with zero attached hydrogens (tertiary/aromatic N) is 4. The van der Waals surface area contributed by atoms with Gasteiger partial charge >= 0.3 is 0 Å². The van der Waals surface area contributed by atoms with Gasteiger partial charge in [0.25, 0.3) is 0 Å². The summed E-state index contributed by atoms with van der Waals surface area (Å²) in [5, 5.41) is 22.5. The molecule has 1 aromatic rings. The third kappa shape index (κ3) is 4.51. The summed E-state index contributed by atoms with van der Waals surface area (Å²) < 4.78 is 44.5. The minimum Gasteiger partial charge on any atom is -0.470 e. The summed E-state index contributed by atoms with van der Waals surface area (Å²) in [4.78, 5) is 8.22. The van der Waals surface area contributed by atoms with E-state index in [4.69, 9.17) is 4.74 Å². The summed E-state index contributed by atoms with van der Waals surface area (Å²) >= 11 is 0. The van der Waals surface area contributed by atoms with Gasteiger partial charge in [-0.05, 0) is 32.6 Å². The van der Waals surface area contributed by atoms with Crippen molar-refractivity contribution >= 4 is 16.0 Å². The number of anilines is 1. The molecule has 1 saturated carbocycles. The highest BCUT2D eigenvalue weighted by atomic mass is 32.2. The average Bonchev–Trinajstić information content (AvgIpc) is 2.94. The van der Waals surface area contributed by atoms with Crippen LogP contribution in [0.15, 0.2) is 6.20 Å². The standard InChI is InChI=1S/C17H24FN5O4S/c1-17(24)6-3-4-14(17)27-15-11(8-19)9-20-16(22-15)21-13-5-7-23(10-12(13)18)28(2,25)26/h9,12-14,24H,3-7,10H2,1-2H3,(H,20,21,22)/t12-,13-,14+,17-/m1/s1. The molecule has 1 aliphatic carbocycles. The maximum absolute atomic E-state index is 14.4. The molecular weight excluding hydrogens is 389 g/mol. The van der Waals surface area contributed by atoms with Crippen LogP contribution in [0.2, 0.25) is 0 Å². The Kier molecular flexibility index (Phi) is 5.74. The molecule has 0 amide bonds. The molecule has 1 saturated heterocycles. The number of halogens is 1. The first-order chi connectivity index (χ1) is 13.1. The number of nitrogens with one attached hydrogen (secondary N) is 1. The van der Waals surface area contributed by atoms with Crippen LogP contribution in [-0.4, -0.2) is 71.1 Å². The van der Waals surface area contributed by atoms with Gasteiger partial charge in [0.15, 0.2) is 0 Å². The molecule has 9 nitrogen and oxygen atoms in total. The predicted molar refractivity (Wildman–Crippen MR) is 99.0 cm³/mol. The minimum atomic E-state index is -3.44. The van der Waals surface area contributed by atoms with Crippen molar-refractivity contribution in [1.29, 1.82) is 5.26 Å². The molecule has 0 unspecified atom stereocenters. The normalized spacial score (nSPS) is 31.3. The molecule has 4 atom stereocenters. The fourth-order valence-electron chi connectivity index (χ4n) is 3.55. The zero-order valence-electron chi connectivity index (χ0n) is 15.8. The Morgan fingerprint density at radius 1 is 1.50 bits per heavy atom. The summed E-state index contributed by atoms with van der Waals surface area (Å²) in [7, 11) is -3.44. The van der Waals surface area contributed by atoms with Crippen molar-refractivity contribution in [1.82, 2.24) is 14.3 Å². The molecule has 1 aromatic heterocycles. The minimum absolute atomic E-state index is 0.0381. The first-order valence-corrected chi connectivity index (χ1v) is 11.0. The van der Waals surface area contributed by atoms with E-state index in [1.54, 1.807) is 6.92 Å². The van der Waals surface area contributed by atoms with Crippen LogP contribution in [-0.2, 0) is 10.0 Å². The van der Waals surface area contributed by atoms with E-state index in [1.165, 1.54) is 6.20 Å². The molecule has 154 valence electrons. The molecule has 0 aromatic carbocycles. The highest BCUT2D eigenvalue weighted by Crippen LogP contribution is 2.33. The Morgan fingerprint density at radius 3 is 2.82 bits per heavy atom. The lowest BCUT2D eigenvalue weighted by Crippen LogP contribution is -2.49. The molecule has 0 spiro atoms. The quantitative estimate of drug-likeness (QED) is 0.726.